The van der Waals surface area contributed by atoms with Gasteiger partial charge in [-0.15, -0.1) is 10.2 Å². The number of aromatic nitrogens is 2. The molecule has 1 amide bonds. The lowest BCUT2D eigenvalue weighted by Crippen LogP contribution is -2.34. The fourth-order valence-corrected chi connectivity index (χ4v) is 2.45. The van der Waals surface area contributed by atoms with Gasteiger partial charge in [-0.2, -0.15) is 0 Å². The fraction of sp³-hybridized carbons (Fsp3) is 0.769. The fourth-order valence-electron chi connectivity index (χ4n) is 2.45. The van der Waals surface area contributed by atoms with Crippen molar-refractivity contribution in [2.75, 3.05) is 0 Å². The zero-order valence-corrected chi connectivity index (χ0v) is 11.1. The third-order valence-electron chi connectivity index (χ3n) is 3.54. The van der Waals surface area contributed by atoms with E-state index >= 15 is 0 Å². The maximum absolute atomic E-state index is 12.1. The molecule has 1 aromatic heterocycles. The van der Waals surface area contributed by atoms with Gasteiger partial charge < -0.3 is 9.73 Å². The molecule has 1 unspecified atom stereocenters. The molecule has 1 saturated carbocycles. The summed E-state index contributed by atoms with van der Waals surface area (Å²) in [6.07, 6.45) is 6.35. The molecule has 1 atom stereocenters. The molecule has 2 rings (SSSR count). The Labute approximate surface area is 107 Å². The molecule has 0 spiro atoms. The number of nitrogens with zero attached hydrogens (tertiary/aromatic N) is 2. The van der Waals surface area contributed by atoms with Crippen molar-refractivity contribution in [3.05, 3.63) is 11.8 Å². The molecule has 0 bridgehead atoms. The van der Waals surface area contributed by atoms with Crippen molar-refractivity contribution in [3.8, 4) is 0 Å². The molecule has 1 aromatic rings. The van der Waals surface area contributed by atoms with Gasteiger partial charge in [0.25, 0.3) is 0 Å². The van der Waals surface area contributed by atoms with Crippen LogP contribution in [0.1, 0.15) is 63.3 Å². The van der Waals surface area contributed by atoms with E-state index in [4.69, 9.17) is 4.42 Å². The van der Waals surface area contributed by atoms with Crippen LogP contribution in [0.5, 0.6) is 0 Å². The molecule has 1 fully saturated rings. The van der Waals surface area contributed by atoms with E-state index in [0.717, 1.165) is 32.1 Å². The van der Waals surface area contributed by atoms with Gasteiger partial charge in [-0.3, -0.25) is 4.79 Å². The molecule has 0 radical (unpaired) electrons. The van der Waals surface area contributed by atoms with Crippen LogP contribution in [0.2, 0.25) is 0 Å². The largest absolute Gasteiger partial charge is 0.423 e. The number of rotatable bonds is 4. The van der Waals surface area contributed by atoms with Gasteiger partial charge in [-0.05, 0) is 19.3 Å². The minimum Gasteiger partial charge on any atom is -0.423 e. The molecule has 5 heteroatoms. The number of nitrogens with one attached hydrogen (secondary N) is 1. The summed E-state index contributed by atoms with van der Waals surface area (Å²) >= 11 is 0. The summed E-state index contributed by atoms with van der Waals surface area (Å²) in [5.74, 6) is 1.35. The van der Waals surface area contributed by atoms with Crippen LogP contribution >= 0.6 is 0 Å². The lowest BCUT2D eigenvalue weighted by Gasteiger charge is -2.23. The average Bonchev–Trinajstić information content (AvgIpc) is 2.83. The molecule has 0 aliphatic heterocycles. The quantitative estimate of drug-likeness (QED) is 0.892. The first-order valence-corrected chi connectivity index (χ1v) is 6.81. The van der Waals surface area contributed by atoms with Crippen LogP contribution in [0.25, 0.3) is 0 Å². The van der Waals surface area contributed by atoms with Gasteiger partial charge in [0.15, 0.2) is 0 Å². The topological polar surface area (TPSA) is 68.0 Å². The molecule has 100 valence electrons. The zero-order chi connectivity index (χ0) is 13.0. The summed E-state index contributed by atoms with van der Waals surface area (Å²) < 4.78 is 5.39. The van der Waals surface area contributed by atoms with Gasteiger partial charge in [0, 0.05) is 12.8 Å². The van der Waals surface area contributed by atoms with E-state index in [1.165, 1.54) is 6.42 Å². The number of hydrogen-bond donors (Lipinski definition) is 1. The molecule has 1 heterocycles. The van der Waals surface area contributed by atoms with Crippen molar-refractivity contribution in [3.63, 3.8) is 0 Å². The Kier molecular flexibility index (Phi) is 4.33. The summed E-state index contributed by atoms with van der Waals surface area (Å²) in [6.45, 7) is 3.76. The first-order chi connectivity index (χ1) is 8.70. The first-order valence-electron chi connectivity index (χ1n) is 6.81. The van der Waals surface area contributed by atoms with Crippen molar-refractivity contribution in [2.24, 2.45) is 5.92 Å². The summed E-state index contributed by atoms with van der Waals surface area (Å²) in [7, 11) is 0. The standard InChI is InChI=1S/C13H21N3O2/c1-3-11(13-16-15-9(2)18-13)14-12(17)10-7-5-4-6-8-10/h10-11H,3-8H2,1-2H3,(H,14,17). The summed E-state index contributed by atoms with van der Waals surface area (Å²) in [5.41, 5.74) is 0. The normalized spacial score (nSPS) is 18.6. The maximum atomic E-state index is 12.1. The number of aryl methyl sites for hydroxylation is 1. The average molecular weight is 251 g/mol. The molecular formula is C13H21N3O2. The molecule has 18 heavy (non-hydrogen) atoms. The highest BCUT2D eigenvalue weighted by Crippen LogP contribution is 2.25. The minimum absolute atomic E-state index is 0.136. The van der Waals surface area contributed by atoms with E-state index in [-0.39, 0.29) is 17.9 Å². The van der Waals surface area contributed by atoms with Crippen LogP contribution in [0, 0.1) is 12.8 Å². The van der Waals surface area contributed by atoms with Crippen molar-refractivity contribution in [1.29, 1.82) is 0 Å². The monoisotopic (exact) mass is 251 g/mol. The molecule has 0 aromatic carbocycles. The van der Waals surface area contributed by atoms with Crippen LogP contribution < -0.4 is 5.32 Å². The number of carbonyl (C=O) groups excluding carboxylic acids is 1. The second-order valence-electron chi connectivity index (χ2n) is 4.96. The Morgan fingerprint density at radius 1 is 1.39 bits per heavy atom. The van der Waals surface area contributed by atoms with Gasteiger partial charge in [0.2, 0.25) is 17.7 Å². The Morgan fingerprint density at radius 3 is 2.67 bits per heavy atom. The van der Waals surface area contributed by atoms with Crippen LogP contribution in [0.3, 0.4) is 0 Å². The number of carbonyl (C=O) groups is 1. The van der Waals surface area contributed by atoms with Crippen molar-refractivity contribution in [2.45, 2.75) is 58.4 Å². The van der Waals surface area contributed by atoms with E-state index in [2.05, 4.69) is 15.5 Å². The molecular weight excluding hydrogens is 230 g/mol. The smallest absolute Gasteiger partial charge is 0.238 e. The summed E-state index contributed by atoms with van der Waals surface area (Å²) in [6, 6.07) is -0.152. The van der Waals surface area contributed by atoms with Gasteiger partial charge >= 0.3 is 0 Å². The lowest BCUT2D eigenvalue weighted by molar-refractivity contribution is -0.126. The number of amides is 1. The molecule has 0 saturated heterocycles. The van der Waals surface area contributed by atoms with Crippen molar-refractivity contribution < 1.29 is 9.21 Å². The van der Waals surface area contributed by atoms with Crippen LogP contribution in [0.4, 0.5) is 0 Å². The summed E-state index contributed by atoms with van der Waals surface area (Å²) in [4.78, 5) is 12.1. The highest BCUT2D eigenvalue weighted by Gasteiger charge is 2.25. The Bertz CT molecular complexity index is 397. The highest BCUT2D eigenvalue weighted by atomic mass is 16.4. The van der Waals surface area contributed by atoms with E-state index in [1.54, 1.807) is 6.92 Å². The second kappa shape index (κ2) is 5.98. The molecule has 1 aliphatic rings. The van der Waals surface area contributed by atoms with E-state index in [9.17, 15) is 4.79 Å². The third-order valence-corrected chi connectivity index (χ3v) is 3.54. The van der Waals surface area contributed by atoms with Crippen molar-refractivity contribution >= 4 is 5.91 Å². The second-order valence-corrected chi connectivity index (χ2v) is 4.96. The van der Waals surface area contributed by atoms with E-state index in [0.29, 0.717) is 11.8 Å². The van der Waals surface area contributed by atoms with Crippen LogP contribution in [0.15, 0.2) is 4.42 Å². The predicted octanol–water partition coefficient (Wildman–Crippen LogP) is 2.53. The van der Waals surface area contributed by atoms with Gasteiger partial charge in [0.1, 0.15) is 6.04 Å². The van der Waals surface area contributed by atoms with Gasteiger partial charge in [-0.1, -0.05) is 26.2 Å². The predicted molar refractivity (Wildman–Crippen MR) is 66.8 cm³/mol. The first kappa shape index (κ1) is 13.1. The lowest BCUT2D eigenvalue weighted by atomic mass is 9.88. The van der Waals surface area contributed by atoms with Crippen LogP contribution in [-0.4, -0.2) is 16.1 Å². The molecule has 5 nitrogen and oxygen atoms in total. The summed E-state index contributed by atoms with van der Waals surface area (Å²) in [5, 5.41) is 10.8. The zero-order valence-electron chi connectivity index (χ0n) is 11.1. The molecule has 1 aliphatic carbocycles. The Morgan fingerprint density at radius 2 is 2.11 bits per heavy atom. The Hall–Kier alpha value is -1.39. The third kappa shape index (κ3) is 3.09. The van der Waals surface area contributed by atoms with Gasteiger partial charge in [-0.25, -0.2) is 0 Å². The van der Waals surface area contributed by atoms with Crippen LogP contribution in [-0.2, 0) is 4.79 Å². The number of hydrogen-bond acceptors (Lipinski definition) is 4. The Balaban J connectivity index is 1.95. The van der Waals surface area contributed by atoms with Crippen molar-refractivity contribution in [1.82, 2.24) is 15.5 Å². The highest BCUT2D eigenvalue weighted by molar-refractivity contribution is 5.79. The maximum Gasteiger partial charge on any atom is 0.238 e. The SMILES string of the molecule is CCC(NC(=O)C1CCCCC1)c1nnc(C)o1. The molecule has 1 N–H and O–H groups in total. The van der Waals surface area contributed by atoms with Gasteiger partial charge in [0.05, 0.1) is 0 Å². The van der Waals surface area contributed by atoms with E-state index < -0.39 is 0 Å². The minimum atomic E-state index is -0.152. The van der Waals surface area contributed by atoms with E-state index in [1.807, 2.05) is 6.92 Å².